The van der Waals surface area contributed by atoms with Crippen LogP contribution in [0.25, 0.3) is 0 Å². The minimum atomic E-state index is -0.941. The molecule has 0 saturated carbocycles. The fraction of sp³-hybridized carbons (Fsp3) is 0.538. The van der Waals surface area contributed by atoms with E-state index in [1.165, 1.54) is 4.90 Å². The van der Waals surface area contributed by atoms with Crippen LogP contribution in [0.2, 0.25) is 0 Å². The molecule has 1 amide bonds. The lowest BCUT2D eigenvalue weighted by molar-refractivity contribution is -0.143. The van der Waals surface area contributed by atoms with Crippen LogP contribution in [0, 0.1) is 0 Å². The van der Waals surface area contributed by atoms with Crippen molar-refractivity contribution in [3.05, 3.63) is 23.7 Å². The van der Waals surface area contributed by atoms with Gasteiger partial charge in [-0.15, -0.1) is 0 Å². The zero-order chi connectivity index (χ0) is 13.8. The molecule has 1 aliphatic rings. The number of carbonyl (C=O) groups excluding carboxylic acids is 1. The SMILES string of the molecule is CSCc1ccc(C(=O)N2CCCC[C@H]2C(=O)O)o1. The van der Waals surface area contributed by atoms with E-state index in [-0.39, 0.29) is 11.7 Å². The summed E-state index contributed by atoms with van der Waals surface area (Å²) in [5.41, 5.74) is 0. The fourth-order valence-corrected chi connectivity index (χ4v) is 2.73. The standard InChI is InChI=1S/C13H17NO4S/c1-19-8-9-5-6-11(18-9)12(15)14-7-3-2-4-10(14)13(16)17/h5-6,10H,2-4,7-8H2,1H3,(H,16,17)/t10-/m0/s1. The van der Waals surface area contributed by atoms with Crippen molar-refractivity contribution in [1.29, 1.82) is 0 Å². The highest BCUT2D eigenvalue weighted by molar-refractivity contribution is 7.97. The van der Waals surface area contributed by atoms with Crippen LogP contribution in [0.4, 0.5) is 0 Å². The zero-order valence-electron chi connectivity index (χ0n) is 10.8. The van der Waals surface area contributed by atoms with E-state index in [9.17, 15) is 9.59 Å². The average molecular weight is 283 g/mol. The topological polar surface area (TPSA) is 70.8 Å². The predicted molar refractivity (Wildman–Crippen MR) is 72.2 cm³/mol. The number of piperidine rings is 1. The molecule has 19 heavy (non-hydrogen) atoms. The van der Waals surface area contributed by atoms with E-state index in [4.69, 9.17) is 9.52 Å². The number of amides is 1. The summed E-state index contributed by atoms with van der Waals surface area (Å²) in [5.74, 6) is 0.413. The number of rotatable bonds is 4. The van der Waals surface area contributed by atoms with Gasteiger partial charge in [-0.05, 0) is 37.7 Å². The van der Waals surface area contributed by atoms with Gasteiger partial charge in [0.2, 0.25) is 0 Å². The lowest BCUT2D eigenvalue weighted by Gasteiger charge is -2.32. The van der Waals surface area contributed by atoms with Crippen LogP contribution >= 0.6 is 11.8 Å². The number of carboxylic acids is 1. The first kappa shape index (κ1) is 14.0. The summed E-state index contributed by atoms with van der Waals surface area (Å²) < 4.78 is 5.46. The number of carboxylic acid groups (broad SMARTS) is 1. The van der Waals surface area contributed by atoms with Crippen LogP contribution in [-0.2, 0) is 10.5 Å². The van der Waals surface area contributed by atoms with Gasteiger partial charge in [0.05, 0.1) is 5.75 Å². The highest BCUT2D eigenvalue weighted by atomic mass is 32.2. The van der Waals surface area contributed by atoms with Crippen LogP contribution in [0.5, 0.6) is 0 Å². The van der Waals surface area contributed by atoms with Gasteiger partial charge in [-0.25, -0.2) is 4.79 Å². The Balaban J connectivity index is 2.14. The Kier molecular flexibility index (Phi) is 4.52. The molecule has 1 atom stereocenters. The molecule has 2 rings (SSSR count). The van der Waals surface area contributed by atoms with Crippen molar-refractivity contribution in [2.75, 3.05) is 12.8 Å². The molecule has 2 heterocycles. The Morgan fingerprint density at radius 3 is 2.95 bits per heavy atom. The van der Waals surface area contributed by atoms with Gasteiger partial charge in [0.25, 0.3) is 5.91 Å². The minimum absolute atomic E-state index is 0.234. The largest absolute Gasteiger partial charge is 0.480 e. The van der Waals surface area contributed by atoms with Gasteiger partial charge in [0, 0.05) is 6.54 Å². The molecule has 1 aliphatic heterocycles. The number of nitrogens with zero attached hydrogens (tertiary/aromatic N) is 1. The molecule has 104 valence electrons. The van der Waals surface area contributed by atoms with E-state index in [1.54, 1.807) is 23.9 Å². The first-order valence-electron chi connectivity index (χ1n) is 6.25. The highest BCUT2D eigenvalue weighted by Gasteiger charge is 2.33. The molecule has 0 radical (unpaired) electrons. The quantitative estimate of drug-likeness (QED) is 0.917. The van der Waals surface area contributed by atoms with Gasteiger partial charge in [0.1, 0.15) is 11.8 Å². The maximum atomic E-state index is 12.3. The zero-order valence-corrected chi connectivity index (χ0v) is 11.6. The Bertz CT molecular complexity index is 471. The van der Waals surface area contributed by atoms with Gasteiger partial charge >= 0.3 is 5.97 Å². The maximum absolute atomic E-state index is 12.3. The van der Waals surface area contributed by atoms with Gasteiger partial charge in [-0.2, -0.15) is 11.8 Å². The Labute approximate surface area is 116 Å². The lowest BCUT2D eigenvalue weighted by atomic mass is 10.0. The van der Waals surface area contributed by atoms with Crippen LogP contribution in [0.3, 0.4) is 0 Å². The third kappa shape index (κ3) is 3.12. The molecule has 6 heteroatoms. The van der Waals surface area contributed by atoms with Crippen molar-refractivity contribution >= 4 is 23.6 Å². The number of hydrogen-bond acceptors (Lipinski definition) is 4. The second-order valence-electron chi connectivity index (χ2n) is 4.55. The van der Waals surface area contributed by atoms with Crippen LogP contribution < -0.4 is 0 Å². The molecular formula is C13H17NO4S. The summed E-state index contributed by atoms with van der Waals surface area (Å²) in [6.07, 6.45) is 4.15. The lowest BCUT2D eigenvalue weighted by Crippen LogP contribution is -2.47. The molecule has 0 aromatic carbocycles. The highest BCUT2D eigenvalue weighted by Crippen LogP contribution is 2.21. The number of aliphatic carboxylic acids is 1. The normalized spacial score (nSPS) is 19.4. The van der Waals surface area contributed by atoms with Crippen LogP contribution in [0.15, 0.2) is 16.5 Å². The van der Waals surface area contributed by atoms with Gasteiger partial charge in [-0.3, -0.25) is 4.79 Å². The monoisotopic (exact) mass is 283 g/mol. The molecule has 1 saturated heterocycles. The number of furan rings is 1. The first-order chi connectivity index (χ1) is 9.13. The number of carbonyl (C=O) groups is 2. The molecule has 0 bridgehead atoms. The van der Waals surface area contributed by atoms with Crippen molar-refractivity contribution in [1.82, 2.24) is 4.90 Å². The molecule has 1 aromatic rings. The summed E-state index contributed by atoms with van der Waals surface area (Å²) in [6, 6.07) is 2.67. The summed E-state index contributed by atoms with van der Waals surface area (Å²) in [7, 11) is 0. The summed E-state index contributed by atoms with van der Waals surface area (Å²) >= 11 is 1.61. The predicted octanol–water partition coefficient (Wildman–Crippen LogP) is 2.22. The van der Waals surface area contributed by atoms with Gasteiger partial charge in [-0.1, -0.05) is 0 Å². The molecule has 5 nitrogen and oxygen atoms in total. The van der Waals surface area contributed by atoms with Gasteiger partial charge < -0.3 is 14.4 Å². The molecule has 0 spiro atoms. The second-order valence-corrected chi connectivity index (χ2v) is 5.41. The molecule has 0 unspecified atom stereocenters. The van der Waals surface area contributed by atoms with Crippen molar-refractivity contribution in [2.45, 2.75) is 31.1 Å². The number of thioether (sulfide) groups is 1. The van der Waals surface area contributed by atoms with Crippen LogP contribution in [-0.4, -0.2) is 40.7 Å². The third-order valence-electron chi connectivity index (χ3n) is 3.21. The molecule has 1 fully saturated rings. The maximum Gasteiger partial charge on any atom is 0.326 e. The van der Waals surface area contributed by atoms with E-state index in [2.05, 4.69) is 0 Å². The summed E-state index contributed by atoms with van der Waals surface area (Å²) in [6.45, 7) is 0.481. The molecule has 0 aliphatic carbocycles. The van der Waals surface area contributed by atoms with Crippen molar-refractivity contribution in [3.63, 3.8) is 0 Å². The summed E-state index contributed by atoms with van der Waals surface area (Å²) in [5, 5.41) is 9.17. The Morgan fingerprint density at radius 2 is 2.26 bits per heavy atom. The Hall–Kier alpha value is -1.43. The smallest absolute Gasteiger partial charge is 0.326 e. The molecule has 1 aromatic heterocycles. The second kappa shape index (κ2) is 6.14. The van der Waals surface area contributed by atoms with E-state index < -0.39 is 12.0 Å². The van der Waals surface area contributed by atoms with E-state index in [1.807, 2.05) is 6.26 Å². The molecule has 1 N–H and O–H groups in total. The fourth-order valence-electron chi connectivity index (χ4n) is 2.29. The van der Waals surface area contributed by atoms with Crippen molar-refractivity contribution in [3.8, 4) is 0 Å². The van der Waals surface area contributed by atoms with Gasteiger partial charge in [0.15, 0.2) is 5.76 Å². The van der Waals surface area contributed by atoms with E-state index in [0.29, 0.717) is 18.7 Å². The van der Waals surface area contributed by atoms with Crippen molar-refractivity contribution < 1.29 is 19.1 Å². The number of likely N-dealkylation sites (tertiary alicyclic amines) is 1. The minimum Gasteiger partial charge on any atom is -0.480 e. The average Bonchev–Trinajstić information content (AvgIpc) is 2.87. The van der Waals surface area contributed by atoms with E-state index >= 15 is 0 Å². The number of hydrogen-bond donors (Lipinski definition) is 1. The van der Waals surface area contributed by atoms with E-state index in [0.717, 1.165) is 18.6 Å². The molecular weight excluding hydrogens is 266 g/mol. The Morgan fingerprint density at radius 1 is 1.47 bits per heavy atom. The third-order valence-corrected chi connectivity index (χ3v) is 3.78. The van der Waals surface area contributed by atoms with Crippen molar-refractivity contribution in [2.24, 2.45) is 0 Å². The first-order valence-corrected chi connectivity index (χ1v) is 7.64. The summed E-state index contributed by atoms with van der Waals surface area (Å²) in [4.78, 5) is 24.9. The van der Waals surface area contributed by atoms with Crippen LogP contribution in [0.1, 0.15) is 35.6 Å².